The van der Waals surface area contributed by atoms with E-state index >= 15 is 0 Å². The smallest absolute Gasteiger partial charge is 0.133 e. The number of ether oxygens (including phenoxy) is 2. The molecular weight excluding hydrogens is 286 g/mol. The van der Waals surface area contributed by atoms with Crippen LogP contribution in [0.4, 0.5) is 5.69 Å². The van der Waals surface area contributed by atoms with Crippen LogP contribution < -0.4 is 5.73 Å². The van der Waals surface area contributed by atoms with Crippen molar-refractivity contribution in [2.75, 3.05) is 26.1 Å². The van der Waals surface area contributed by atoms with Crippen molar-refractivity contribution < 1.29 is 9.47 Å². The summed E-state index contributed by atoms with van der Waals surface area (Å²) in [6, 6.07) is 3.77. The van der Waals surface area contributed by atoms with E-state index in [1.165, 1.54) is 0 Å². The summed E-state index contributed by atoms with van der Waals surface area (Å²) >= 11 is 3.39. The maximum Gasteiger partial charge on any atom is 0.133 e. The minimum atomic E-state index is 0.426. The van der Waals surface area contributed by atoms with E-state index in [0.717, 1.165) is 21.3 Å². The van der Waals surface area contributed by atoms with Gasteiger partial charge in [0.25, 0.3) is 0 Å². The van der Waals surface area contributed by atoms with Gasteiger partial charge in [0.1, 0.15) is 17.9 Å². The summed E-state index contributed by atoms with van der Waals surface area (Å²) < 4.78 is 11.2. The molecule has 0 amide bonds. The van der Waals surface area contributed by atoms with E-state index in [2.05, 4.69) is 25.9 Å². The minimum absolute atomic E-state index is 0.426. The average molecular weight is 300 g/mol. The number of methoxy groups -OCH3 is 1. The number of nitrogen functional groups attached to an aromatic ring is 1. The first-order valence-corrected chi connectivity index (χ1v) is 6.00. The van der Waals surface area contributed by atoms with Gasteiger partial charge in [-0.25, -0.2) is 4.98 Å². The standard InChI is InChI=1S/C11H14BrN3O2/c1-16-2-3-17-6-10-14-9-5-7(12)4-8(13)11(9)15-10/h4-5H,2-3,6,13H2,1H3,(H,14,15). The topological polar surface area (TPSA) is 73.2 Å². The number of rotatable bonds is 5. The maximum absolute atomic E-state index is 5.87. The molecule has 1 aromatic carbocycles. The highest BCUT2D eigenvalue weighted by Crippen LogP contribution is 2.24. The van der Waals surface area contributed by atoms with Gasteiger partial charge in [-0.1, -0.05) is 15.9 Å². The van der Waals surface area contributed by atoms with Crippen molar-refractivity contribution in [3.63, 3.8) is 0 Å². The van der Waals surface area contributed by atoms with Crippen molar-refractivity contribution in [3.8, 4) is 0 Å². The van der Waals surface area contributed by atoms with Crippen LogP contribution in [0.5, 0.6) is 0 Å². The molecule has 92 valence electrons. The molecule has 0 bridgehead atoms. The molecule has 0 atom stereocenters. The lowest BCUT2D eigenvalue weighted by Crippen LogP contribution is -2.02. The van der Waals surface area contributed by atoms with Gasteiger partial charge < -0.3 is 20.2 Å². The summed E-state index contributed by atoms with van der Waals surface area (Å²) in [6.45, 7) is 1.55. The molecule has 0 saturated carbocycles. The van der Waals surface area contributed by atoms with Crippen molar-refractivity contribution in [2.45, 2.75) is 6.61 Å². The van der Waals surface area contributed by atoms with Gasteiger partial charge in [0, 0.05) is 11.6 Å². The van der Waals surface area contributed by atoms with Crippen molar-refractivity contribution in [1.82, 2.24) is 9.97 Å². The number of imidazole rings is 1. The number of halogens is 1. The van der Waals surface area contributed by atoms with Crippen molar-refractivity contribution >= 4 is 32.7 Å². The number of fused-ring (bicyclic) bond motifs is 1. The maximum atomic E-state index is 5.87. The summed E-state index contributed by atoms with van der Waals surface area (Å²) in [5, 5.41) is 0. The van der Waals surface area contributed by atoms with Gasteiger partial charge >= 0.3 is 0 Å². The molecule has 5 nitrogen and oxygen atoms in total. The van der Waals surface area contributed by atoms with E-state index in [-0.39, 0.29) is 0 Å². The highest BCUT2D eigenvalue weighted by Gasteiger charge is 2.06. The van der Waals surface area contributed by atoms with Crippen LogP contribution in [-0.2, 0) is 16.1 Å². The van der Waals surface area contributed by atoms with E-state index < -0.39 is 0 Å². The van der Waals surface area contributed by atoms with E-state index in [9.17, 15) is 0 Å². The molecular formula is C11H14BrN3O2. The molecule has 17 heavy (non-hydrogen) atoms. The molecule has 0 radical (unpaired) electrons. The number of nitrogens with two attached hydrogens (primary N) is 1. The zero-order valence-corrected chi connectivity index (χ0v) is 11.1. The molecule has 0 spiro atoms. The predicted octanol–water partition coefficient (Wildman–Crippen LogP) is 2.07. The highest BCUT2D eigenvalue weighted by molar-refractivity contribution is 9.10. The first kappa shape index (κ1) is 12.3. The van der Waals surface area contributed by atoms with Gasteiger partial charge in [0.2, 0.25) is 0 Å². The molecule has 0 saturated heterocycles. The van der Waals surface area contributed by atoms with Crippen LogP contribution in [0.15, 0.2) is 16.6 Å². The van der Waals surface area contributed by atoms with E-state index in [1.807, 2.05) is 12.1 Å². The molecule has 0 unspecified atom stereocenters. The number of aromatic nitrogens is 2. The Balaban J connectivity index is 2.12. The minimum Gasteiger partial charge on any atom is -0.397 e. The molecule has 6 heteroatoms. The first-order valence-electron chi connectivity index (χ1n) is 5.21. The summed E-state index contributed by atoms with van der Waals surface area (Å²) in [6.07, 6.45) is 0. The fourth-order valence-corrected chi connectivity index (χ4v) is 2.01. The molecule has 0 aliphatic rings. The second-order valence-corrected chi connectivity index (χ2v) is 4.54. The zero-order chi connectivity index (χ0) is 12.3. The number of nitrogens with zero attached hydrogens (tertiary/aromatic N) is 1. The van der Waals surface area contributed by atoms with Gasteiger partial charge in [-0.3, -0.25) is 0 Å². The zero-order valence-electron chi connectivity index (χ0n) is 9.50. The van der Waals surface area contributed by atoms with E-state index in [4.69, 9.17) is 15.2 Å². The molecule has 1 heterocycles. The normalized spacial score (nSPS) is 11.2. The summed E-state index contributed by atoms with van der Waals surface area (Å²) in [5.41, 5.74) is 8.20. The molecule has 3 N–H and O–H groups in total. The SMILES string of the molecule is COCCOCc1nc2c(N)cc(Br)cc2[nH]1. The highest BCUT2D eigenvalue weighted by atomic mass is 79.9. The van der Waals surface area contributed by atoms with Crippen LogP contribution in [0.25, 0.3) is 11.0 Å². The Labute approximate surface area is 107 Å². The fraction of sp³-hybridized carbons (Fsp3) is 0.364. The fourth-order valence-electron chi connectivity index (χ4n) is 1.54. The summed E-state index contributed by atoms with van der Waals surface area (Å²) in [5.74, 6) is 0.765. The van der Waals surface area contributed by atoms with Crippen molar-refractivity contribution in [2.24, 2.45) is 0 Å². The lowest BCUT2D eigenvalue weighted by molar-refractivity contribution is 0.0590. The third-order valence-corrected chi connectivity index (χ3v) is 2.76. The predicted molar refractivity (Wildman–Crippen MR) is 69.7 cm³/mol. The van der Waals surface area contributed by atoms with Crippen LogP contribution in [-0.4, -0.2) is 30.3 Å². The molecule has 2 aromatic rings. The number of aromatic amines is 1. The van der Waals surface area contributed by atoms with Crippen LogP contribution in [0.2, 0.25) is 0 Å². The van der Waals surface area contributed by atoms with Crippen LogP contribution >= 0.6 is 15.9 Å². The van der Waals surface area contributed by atoms with Crippen LogP contribution in [0, 0.1) is 0 Å². The van der Waals surface area contributed by atoms with Crippen molar-refractivity contribution in [1.29, 1.82) is 0 Å². The second-order valence-electron chi connectivity index (χ2n) is 3.62. The lowest BCUT2D eigenvalue weighted by Gasteiger charge is -1.99. The molecule has 0 aliphatic carbocycles. The Morgan fingerprint density at radius 2 is 2.24 bits per heavy atom. The van der Waals surface area contributed by atoms with E-state index in [1.54, 1.807) is 7.11 Å². The monoisotopic (exact) mass is 299 g/mol. The number of hydrogen-bond acceptors (Lipinski definition) is 4. The second kappa shape index (κ2) is 5.48. The number of nitrogens with one attached hydrogen (secondary N) is 1. The molecule has 0 fully saturated rings. The van der Waals surface area contributed by atoms with Gasteiger partial charge in [-0.2, -0.15) is 0 Å². The van der Waals surface area contributed by atoms with Gasteiger partial charge in [-0.05, 0) is 12.1 Å². The first-order chi connectivity index (χ1) is 8.20. The Bertz CT molecular complexity index is 513. The Kier molecular flexibility index (Phi) is 3.98. The average Bonchev–Trinajstić information content (AvgIpc) is 2.67. The van der Waals surface area contributed by atoms with Gasteiger partial charge in [0.05, 0.1) is 24.4 Å². The number of benzene rings is 1. The van der Waals surface area contributed by atoms with E-state index in [0.29, 0.717) is 25.5 Å². The van der Waals surface area contributed by atoms with Crippen molar-refractivity contribution in [3.05, 3.63) is 22.4 Å². The third kappa shape index (κ3) is 2.96. The molecule has 0 aliphatic heterocycles. The third-order valence-electron chi connectivity index (χ3n) is 2.30. The summed E-state index contributed by atoms with van der Waals surface area (Å²) in [7, 11) is 1.64. The number of H-pyrrole nitrogens is 1. The lowest BCUT2D eigenvalue weighted by atomic mass is 10.3. The van der Waals surface area contributed by atoms with Crippen LogP contribution in [0.1, 0.15) is 5.82 Å². The Morgan fingerprint density at radius 3 is 3.00 bits per heavy atom. The van der Waals surface area contributed by atoms with Gasteiger partial charge in [-0.15, -0.1) is 0 Å². The van der Waals surface area contributed by atoms with Crippen LogP contribution in [0.3, 0.4) is 0 Å². The quantitative estimate of drug-likeness (QED) is 0.655. The number of hydrogen-bond donors (Lipinski definition) is 2. The molecule has 1 aromatic heterocycles. The Hall–Kier alpha value is -1.11. The summed E-state index contributed by atoms with van der Waals surface area (Å²) in [4.78, 5) is 7.55. The Morgan fingerprint density at radius 1 is 1.41 bits per heavy atom. The van der Waals surface area contributed by atoms with Gasteiger partial charge in [0.15, 0.2) is 0 Å². The molecule has 2 rings (SSSR count). The largest absolute Gasteiger partial charge is 0.397 e. The number of anilines is 1.